The summed E-state index contributed by atoms with van der Waals surface area (Å²) in [7, 11) is 0. The fraction of sp³-hybridized carbons (Fsp3) is 0.267. The Kier molecular flexibility index (Phi) is 3.05. The maximum Gasteiger partial charge on any atom is 0.00446 e. The van der Waals surface area contributed by atoms with Gasteiger partial charge in [0.15, 0.2) is 0 Å². The van der Waals surface area contributed by atoms with Gasteiger partial charge in [-0.25, -0.2) is 0 Å². The maximum atomic E-state index is 2.30. The molecule has 0 aromatic heterocycles. The highest BCUT2D eigenvalue weighted by atomic mass is 14.1. The average Bonchev–Trinajstić information content (AvgIpc) is 2.30. The molecule has 0 aliphatic rings. The normalized spacial score (nSPS) is 11.1. The standard InChI is InChI=1S/C15H17/c1-3-12(4-2)15-10-9-13-7-5-6-8-14(13)11-15/h5-11H,3-4H2,1-2H3. The lowest BCUT2D eigenvalue weighted by molar-refractivity contribution is 0.851. The van der Waals surface area contributed by atoms with E-state index in [1.807, 2.05) is 0 Å². The third-order valence-corrected chi connectivity index (χ3v) is 3.01. The van der Waals surface area contributed by atoms with Crippen molar-refractivity contribution in [1.82, 2.24) is 0 Å². The Morgan fingerprint density at radius 3 is 2.20 bits per heavy atom. The van der Waals surface area contributed by atoms with Crippen molar-refractivity contribution >= 4 is 10.8 Å². The first kappa shape index (κ1) is 10.2. The summed E-state index contributed by atoms with van der Waals surface area (Å²) in [4.78, 5) is 0. The molecule has 15 heavy (non-hydrogen) atoms. The highest BCUT2D eigenvalue weighted by molar-refractivity contribution is 5.83. The topological polar surface area (TPSA) is 0 Å². The molecular weight excluding hydrogens is 180 g/mol. The zero-order valence-corrected chi connectivity index (χ0v) is 9.46. The van der Waals surface area contributed by atoms with E-state index >= 15 is 0 Å². The second kappa shape index (κ2) is 4.48. The van der Waals surface area contributed by atoms with E-state index in [1.165, 1.54) is 16.3 Å². The van der Waals surface area contributed by atoms with E-state index in [9.17, 15) is 0 Å². The number of hydrogen-bond donors (Lipinski definition) is 0. The summed E-state index contributed by atoms with van der Waals surface area (Å²) in [6.45, 7) is 4.46. The van der Waals surface area contributed by atoms with Crippen LogP contribution in [0.15, 0.2) is 42.5 Å². The van der Waals surface area contributed by atoms with Crippen LogP contribution in [0.2, 0.25) is 0 Å². The molecular formula is C15H17. The van der Waals surface area contributed by atoms with E-state index in [-0.39, 0.29) is 0 Å². The lowest BCUT2D eigenvalue weighted by Gasteiger charge is -2.12. The number of rotatable bonds is 3. The summed E-state index contributed by atoms with van der Waals surface area (Å²) < 4.78 is 0. The van der Waals surface area contributed by atoms with E-state index in [0.717, 1.165) is 12.8 Å². The van der Waals surface area contributed by atoms with Gasteiger partial charge in [-0.1, -0.05) is 56.3 Å². The largest absolute Gasteiger partial charge is 0.0645 e. The molecule has 0 saturated carbocycles. The zero-order valence-electron chi connectivity index (χ0n) is 9.46. The summed E-state index contributed by atoms with van der Waals surface area (Å²) in [5.41, 5.74) is 1.40. The molecule has 0 bridgehead atoms. The van der Waals surface area contributed by atoms with Crippen molar-refractivity contribution in [2.24, 2.45) is 0 Å². The zero-order chi connectivity index (χ0) is 10.7. The van der Waals surface area contributed by atoms with Crippen LogP contribution in [0, 0.1) is 5.92 Å². The van der Waals surface area contributed by atoms with Crippen molar-refractivity contribution in [3.63, 3.8) is 0 Å². The Morgan fingerprint density at radius 1 is 0.867 bits per heavy atom. The monoisotopic (exact) mass is 197 g/mol. The van der Waals surface area contributed by atoms with Gasteiger partial charge >= 0.3 is 0 Å². The molecule has 0 atom stereocenters. The Balaban J connectivity index is 2.46. The van der Waals surface area contributed by atoms with E-state index in [0.29, 0.717) is 0 Å². The highest BCUT2D eigenvalue weighted by Crippen LogP contribution is 2.25. The minimum atomic E-state index is 1.15. The van der Waals surface area contributed by atoms with Crippen LogP contribution in [-0.4, -0.2) is 0 Å². The van der Waals surface area contributed by atoms with E-state index in [1.54, 1.807) is 5.92 Å². The molecule has 1 radical (unpaired) electrons. The lowest BCUT2D eigenvalue weighted by atomic mass is 9.92. The van der Waals surface area contributed by atoms with Gasteiger partial charge in [0.05, 0.1) is 0 Å². The molecule has 0 unspecified atom stereocenters. The highest BCUT2D eigenvalue weighted by Gasteiger charge is 2.07. The Morgan fingerprint density at radius 2 is 1.53 bits per heavy atom. The van der Waals surface area contributed by atoms with Crippen molar-refractivity contribution < 1.29 is 0 Å². The number of fused-ring (bicyclic) bond motifs is 1. The quantitative estimate of drug-likeness (QED) is 0.675. The predicted octanol–water partition coefficient (Wildman–Crippen LogP) is 4.58. The van der Waals surface area contributed by atoms with Gasteiger partial charge in [0.1, 0.15) is 0 Å². The maximum absolute atomic E-state index is 2.30. The van der Waals surface area contributed by atoms with Crippen LogP contribution in [-0.2, 0) is 0 Å². The number of benzene rings is 2. The molecule has 77 valence electrons. The van der Waals surface area contributed by atoms with Crippen LogP contribution in [0.5, 0.6) is 0 Å². The summed E-state index contributed by atoms with van der Waals surface area (Å²) in [6, 6.07) is 15.3. The Bertz CT molecular complexity index is 438. The van der Waals surface area contributed by atoms with Crippen molar-refractivity contribution in [2.45, 2.75) is 26.7 Å². The minimum Gasteiger partial charge on any atom is -0.0645 e. The van der Waals surface area contributed by atoms with Crippen molar-refractivity contribution in [1.29, 1.82) is 0 Å². The Labute approximate surface area is 91.9 Å². The first-order valence-corrected chi connectivity index (χ1v) is 5.69. The molecule has 0 aliphatic carbocycles. The van der Waals surface area contributed by atoms with Crippen LogP contribution in [0.4, 0.5) is 0 Å². The predicted molar refractivity (Wildman–Crippen MR) is 66.9 cm³/mol. The molecule has 2 aromatic rings. The Hall–Kier alpha value is -1.30. The molecule has 2 rings (SSSR count). The lowest BCUT2D eigenvalue weighted by Crippen LogP contribution is -1.95. The average molecular weight is 197 g/mol. The summed E-state index contributed by atoms with van der Waals surface area (Å²) in [5, 5.41) is 2.67. The van der Waals surface area contributed by atoms with Gasteiger partial charge in [0.2, 0.25) is 0 Å². The third kappa shape index (κ3) is 2.04. The van der Waals surface area contributed by atoms with Gasteiger partial charge in [0, 0.05) is 5.92 Å². The summed E-state index contributed by atoms with van der Waals surface area (Å²) in [6.07, 6.45) is 2.30. The first-order valence-electron chi connectivity index (χ1n) is 5.69. The van der Waals surface area contributed by atoms with E-state index < -0.39 is 0 Å². The van der Waals surface area contributed by atoms with Gasteiger partial charge in [0.25, 0.3) is 0 Å². The third-order valence-electron chi connectivity index (χ3n) is 3.01. The molecule has 0 saturated heterocycles. The van der Waals surface area contributed by atoms with Crippen molar-refractivity contribution in [2.75, 3.05) is 0 Å². The molecule has 0 heteroatoms. The van der Waals surface area contributed by atoms with Crippen LogP contribution in [0.25, 0.3) is 10.8 Å². The summed E-state index contributed by atoms with van der Waals surface area (Å²) in [5.74, 6) is 1.54. The van der Waals surface area contributed by atoms with Crippen LogP contribution >= 0.6 is 0 Å². The molecule has 0 aliphatic heterocycles. The van der Waals surface area contributed by atoms with Crippen molar-refractivity contribution in [3.05, 3.63) is 53.9 Å². The van der Waals surface area contributed by atoms with Gasteiger partial charge in [-0.3, -0.25) is 0 Å². The second-order valence-electron chi connectivity index (χ2n) is 3.87. The van der Waals surface area contributed by atoms with Crippen LogP contribution < -0.4 is 0 Å². The fourth-order valence-electron chi connectivity index (χ4n) is 2.07. The van der Waals surface area contributed by atoms with Crippen molar-refractivity contribution in [3.8, 4) is 0 Å². The minimum absolute atomic E-state index is 1.15. The van der Waals surface area contributed by atoms with Gasteiger partial charge in [-0.15, -0.1) is 0 Å². The first-order chi connectivity index (χ1) is 7.35. The molecule has 0 heterocycles. The molecule has 0 fully saturated rings. The molecule has 0 spiro atoms. The fourth-order valence-corrected chi connectivity index (χ4v) is 2.07. The molecule has 0 N–H and O–H groups in total. The van der Waals surface area contributed by atoms with Gasteiger partial charge < -0.3 is 0 Å². The van der Waals surface area contributed by atoms with Gasteiger partial charge in [-0.2, -0.15) is 0 Å². The van der Waals surface area contributed by atoms with Gasteiger partial charge in [-0.05, 0) is 29.2 Å². The second-order valence-corrected chi connectivity index (χ2v) is 3.87. The molecule has 0 amide bonds. The van der Waals surface area contributed by atoms with E-state index in [4.69, 9.17) is 0 Å². The van der Waals surface area contributed by atoms with Crippen LogP contribution in [0.3, 0.4) is 0 Å². The summed E-state index contributed by atoms with van der Waals surface area (Å²) >= 11 is 0. The SMILES string of the molecule is CC[C](CC)c1ccc2ccccc2c1. The van der Waals surface area contributed by atoms with Crippen LogP contribution in [0.1, 0.15) is 32.3 Å². The molecule has 0 nitrogen and oxygen atoms in total. The smallest absolute Gasteiger partial charge is 0.00446 e. The molecule has 2 aromatic carbocycles. The number of hydrogen-bond acceptors (Lipinski definition) is 0. The van der Waals surface area contributed by atoms with E-state index in [2.05, 4.69) is 56.3 Å².